The number of carboxylic acid groups (broad SMARTS) is 1. The third kappa shape index (κ3) is 8.55. The van der Waals surface area contributed by atoms with Crippen molar-refractivity contribution in [3.05, 3.63) is 24.3 Å². The summed E-state index contributed by atoms with van der Waals surface area (Å²) in [4.78, 5) is 10.3. The average molecular weight is 276 g/mol. The number of allylic oxidation sites excluding steroid dienone is 3. The van der Waals surface area contributed by atoms with Crippen LogP contribution in [0.15, 0.2) is 24.3 Å². The monoisotopic (exact) mass is 276 g/mol. The zero-order valence-corrected chi connectivity index (χ0v) is 12.1. The van der Waals surface area contributed by atoms with Gasteiger partial charge in [-0.25, -0.2) is 0 Å². The summed E-state index contributed by atoms with van der Waals surface area (Å²) in [5.74, 6) is 6.80. The molecule has 0 spiro atoms. The molecule has 3 atom stereocenters. The molecule has 1 rings (SSSR count). The summed E-state index contributed by atoms with van der Waals surface area (Å²) in [5, 5.41) is 17.5. The lowest BCUT2D eigenvalue weighted by atomic mass is 10.1. The Morgan fingerprint density at radius 1 is 1.40 bits per heavy atom. The third-order valence-corrected chi connectivity index (χ3v) is 3.36. The Bertz CT molecular complexity index is 410. The molecule has 1 saturated carbocycles. The van der Waals surface area contributed by atoms with Gasteiger partial charge in [0.1, 0.15) is 0 Å². The van der Waals surface area contributed by atoms with Crippen LogP contribution < -0.4 is 0 Å². The molecule has 3 nitrogen and oxygen atoms in total. The molecule has 1 aliphatic rings. The maximum absolute atomic E-state index is 10.3. The van der Waals surface area contributed by atoms with Crippen LogP contribution in [0.3, 0.4) is 0 Å². The van der Waals surface area contributed by atoms with E-state index in [1.807, 2.05) is 0 Å². The van der Waals surface area contributed by atoms with Crippen LogP contribution in [0.25, 0.3) is 0 Å². The second-order valence-electron chi connectivity index (χ2n) is 5.37. The van der Waals surface area contributed by atoms with Crippen molar-refractivity contribution in [3.63, 3.8) is 0 Å². The van der Waals surface area contributed by atoms with Gasteiger partial charge in [0.2, 0.25) is 0 Å². The van der Waals surface area contributed by atoms with Gasteiger partial charge in [0.25, 0.3) is 0 Å². The molecular weight excluding hydrogens is 252 g/mol. The zero-order valence-electron chi connectivity index (χ0n) is 12.1. The van der Waals surface area contributed by atoms with Gasteiger partial charge in [0.15, 0.2) is 0 Å². The van der Waals surface area contributed by atoms with E-state index in [9.17, 15) is 4.79 Å². The number of hydrogen-bond donors (Lipinski definition) is 2. The summed E-state index contributed by atoms with van der Waals surface area (Å²) in [7, 11) is 0. The van der Waals surface area contributed by atoms with Crippen molar-refractivity contribution in [1.29, 1.82) is 0 Å². The number of unbranched alkanes of at least 4 members (excludes halogenated alkanes) is 1. The van der Waals surface area contributed by atoms with Gasteiger partial charge < -0.3 is 10.2 Å². The molecule has 0 aliphatic heterocycles. The van der Waals surface area contributed by atoms with E-state index in [1.54, 1.807) is 19.1 Å². The van der Waals surface area contributed by atoms with E-state index in [1.165, 1.54) is 6.42 Å². The predicted molar refractivity (Wildman–Crippen MR) is 80.1 cm³/mol. The lowest BCUT2D eigenvalue weighted by Crippen LogP contribution is -1.92. The molecule has 1 unspecified atom stereocenters. The van der Waals surface area contributed by atoms with Gasteiger partial charge >= 0.3 is 5.97 Å². The fourth-order valence-corrected chi connectivity index (χ4v) is 2.05. The Hall–Kier alpha value is -1.53. The van der Waals surface area contributed by atoms with Crippen molar-refractivity contribution in [1.82, 2.24) is 0 Å². The van der Waals surface area contributed by atoms with E-state index in [2.05, 4.69) is 24.0 Å². The van der Waals surface area contributed by atoms with Crippen molar-refractivity contribution < 1.29 is 15.0 Å². The fourth-order valence-electron chi connectivity index (χ4n) is 2.05. The summed E-state index contributed by atoms with van der Waals surface area (Å²) < 4.78 is 0. The summed E-state index contributed by atoms with van der Waals surface area (Å²) in [6.45, 7) is 1.71. The molecule has 1 fully saturated rings. The van der Waals surface area contributed by atoms with E-state index in [0.29, 0.717) is 5.92 Å². The first kappa shape index (κ1) is 16.5. The molecule has 0 bridgehead atoms. The van der Waals surface area contributed by atoms with E-state index >= 15 is 0 Å². The maximum Gasteiger partial charge on any atom is 0.303 e. The van der Waals surface area contributed by atoms with Gasteiger partial charge in [-0.15, -0.1) is 0 Å². The van der Waals surface area contributed by atoms with Gasteiger partial charge in [-0.3, -0.25) is 4.79 Å². The summed E-state index contributed by atoms with van der Waals surface area (Å²) >= 11 is 0. The highest BCUT2D eigenvalue weighted by molar-refractivity contribution is 5.66. The van der Waals surface area contributed by atoms with Gasteiger partial charge in [0.05, 0.1) is 6.10 Å². The van der Waals surface area contributed by atoms with E-state index in [-0.39, 0.29) is 6.42 Å². The number of carboxylic acids is 1. The molecule has 0 amide bonds. The Morgan fingerprint density at radius 2 is 2.20 bits per heavy atom. The van der Waals surface area contributed by atoms with Crippen molar-refractivity contribution >= 4 is 5.97 Å². The minimum absolute atomic E-state index is 0.256. The predicted octanol–water partition coefficient (Wildman–Crippen LogP) is 3.15. The van der Waals surface area contributed by atoms with Crippen molar-refractivity contribution in [2.75, 3.05) is 0 Å². The van der Waals surface area contributed by atoms with Gasteiger partial charge in [-0.05, 0) is 56.6 Å². The quantitative estimate of drug-likeness (QED) is 0.407. The molecule has 3 heteroatoms. The van der Waals surface area contributed by atoms with Crippen molar-refractivity contribution in [2.45, 2.75) is 51.6 Å². The third-order valence-electron chi connectivity index (χ3n) is 3.36. The highest BCUT2D eigenvalue weighted by Crippen LogP contribution is 2.43. The van der Waals surface area contributed by atoms with Gasteiger partial charge in [-0.1, -0.05) is 24.0 Å². The van der Waals surface area contributed by atoms with Crippen LogP contribution in [-0.4, -0.2) is 22.3 Å². The van der Waals surface area contributed by atoms with Crippen LogP contribution in [0, 0.1) is 23.7 Å². The minimum Gasteiger partial charge on any atom is -0.481 e. The normalized spacial score (nSPS) is 22.7. The molecule has 110 valence electrons. The molecular formula is C17H24O3. The van der Waals surface area contributed by atoms with Crippen LogP contribution in [0.2, 0.25) is 0 Å². The van der Waals surface area contributed by atoms with Crippen molar-refractivity contribution in [3.8, 4) is 11.8 Å². The van der Waals surface area contributed by atoms with Crippen molar-refractivity contribution in [2.24, 2.45) is 11.8 Å². The molecule has 0 saturated heterocycles. The molecule has 0 heterocycles. The van der Waals surface area contributed by atoms with E-state index < -0.39 is 12.1 Å². The van der Waals surface area contributed by atoms with Crippen LogP contribution in [0.5, 0.6) is 0 Å². The fraction of sp³-hybridized carbons (Fsp3) is 0.588. The lowest BCUT2D eigenvalue weighted by molar-refractivity contribution is -0.137. The van der Waals surface area contributed by atoms with Crippen LogP contribution in [-0.2, 0) is 4.79 Å². The summed E-state index contributed by atoms with van der Waals surface area (Å²) in [6, 6.07) is 0. The standard InChI is InChI=1S/C17H24O3/c1-14(18)9-5-4-7-11-16-13-15(16)10-6-2-3-8-12-17(19)20/h2,5-6,9,14-16,18H,3,8,10-13H2,1H3,(H,19,20)/b6-2-,9-5+/t14?,15-,16-/m0/s1. The Morgan fingerprint density at radius 3 is 2.90 bits per heavy atom. The van der Waals surface area contributed by atoms with Crippen LogP contribution in [0.4, 0.5) is 0 Å². The molecule has 0 radical (unpaired) electrons. The highest BCUT2D eigenvalue weighted by atomic mass is 16.4. The number of aliphatic carboxylic acids is 1. The number of carbonyl (C=O) groups is 1. The largest absolute Gasteiger partial charge is 0.481 e. The smallest absolute Gasteiger partial charge is 0.303 e. The highest BCUT2D eigenvalue weighted by Gasteiger charge is 2.34. The first-order valence-corrected chi connectivity index (χ1v) is 7.29. The molecule has 0 aromatic carbocycles. The Labute approximate surface area is 121 Å². The molecule has 20 heavy (non-hydrogen) atoms. The number of hydrogen-bond acceptors (Lipinski definition) is 2. The average Bonchev–Trinajstić information content (AvgIpc) is 3.11. The molecule has 0 aromatic heterocycles. The number of aliphatic hydroxyl groups excluding tert-OH is 1. The maximum atomic E-state index is 10.3. The molecule has 1 aliphatic carbocycles. The zero-order chi connectivity index (χ0) is 14.8. The summed E-state index contributed by atoms with van der Waals surface area (Å²) in [6.07, 6.45) is 12.3. The van der Waals surface area contributed by atoms with Gasteiger partial charge in [0, 0.05) is 12.8 Å². The lowest BCUT2D eigenvalue weighted by Gasteiger charge is -1.92. The Kier molecular flexibility index (Phi) is 7.75. The van der Waals surface area contributed by atoms with Crippen LogP contribution >= 0.6 is 0 Å². The second kappa shape index (κ2) is 9.39. The molecule has 2 N–H and O–H groups in total. The molecule has 0 aromatic rings. The topological polar surface area (TPSA) is 57.5 Å². The second-order valence-corrected chi connectivity index (χ2v) is 5.37. The Balaban J connectivity index is 2.03. The van der Waals surface area contributed by atoms with Gasteiger partial charge in [-0.2, -0.15) is 0 Å². The first-order chi connectivity index (χ1) is 9.59. The first-order valence-electron chi connectivity index (χ1n) is 7.29. The number of aliphatic hydroxyl groups is 1. The minimum atomic E-state index is -0.719. The summed E-state index contributed by atoms with van der Waals surface area (Å²) in [5.41, 5.74) is 0. The van der Waals surface area contributed by atoms with Crippen LogP contribution in [0.1, 0.15) is 45.4 Å². The SMILES string of the molecule is CC(O)/C=C/C#CC[C@H]1C[C@@H]1C/C=C\CCCC(=O)O. The van der Waals surface area contributed by atoms with E-state index in [4.69, 9.17) is 10.2 Å². The number of rotatable bonds is 8. The van der Waals surface area contributed by atoms with E-state index in [0.717, 1.165) is 31.6 Å².